The van der Waals surface area contributed by atoms with Crippen LogP contribution in [-0.2, 0) is 14.8 Å². The largest absolute Gasteiger partial charge is 0.372 e. The summed E-state index contributed by atoms with van der Waals surface area (Å²) in [6.45, 7) is 9.78. The van der Waals surface area contributed by atoms with E-state index in [0.29, 0.717) is 5.69 Å². The molecule has 0 aromatic heterocycles. The summed E-state index contributed by atoms with van der Waals surface area (Å²) in [7, 11) is -3.78. The van der Waals surface area contributed by atoms with Crippen molar-refractivity contribution in [2.75, 3.05) is 41.6 Å². The SMILES string of the molecule is C=CCN(CC=C)C(=O)CS(=O)(=O)Nc1ccc(N2CCCCC2)cc1. The fraction of sp³-hybridized carbons (Fsp3) is 0.421. The molecule has 142 valence electrons. The second kappa shape index (κ2) is 9.43. The Morgan fingerprint density at radius 3 is 2.19 bits per heavy atom. The van der Waals surface area contributed by atoms with Crippen molar-refractivity contribution in [1.29, 1.82) is 0 Å². The minimum atomic E-state index is -3.78. The summed E-state index contributed by atoms with van der Waals surface area (Å²) >= 11 is 0. The Labute approximate surface area is 156 Å². The summed E-state index contributed by atoms with van der Waals surface area (Å²) in [6.07, 6.45) is 6.74. The van der Waals surface area contributed by atoms with Gasteiger partial charge in [0.1, 0.15) is 5.75 Å². The number of nitrogens with zero attached hydrogens (tertiary/aromatic N) is 2. The quantitative estimate of drug-likeness (QED) is 0.672. The average Bonchev–Trinajstić information content (AvgIpc) is 2.62. The third kappa shape index (κ3) is 5.91. The van der Waals surface area contributed by atoms with Crippen molar-refractivity contribution in [2.24, 2.45) is 0 Å². The van der Waals surface area contributed by atoms with Crippen LogP contribution in [0, 0.1) is 0 Å². The molecule has 0 spiro atoms. The molecule has 1 aromatic rings. The van der Waals surface area contributed by atoms with Gasteiger partial charge in [-0.25, -0.2) is 8.42 Å². The smallest absolute Gasteiger partial charge is 0.241 e. The van der Waals surface area contributed by atoms with Crippen LogP contribution in [0.1, 0.15) is 19.3 Å². The Bertz CT molecular complexity index is 713. The van der Waals surface area contributed by atoms with Crippen molar-refractivity contribution in [3.05, 3.63) is 49.6 Å². The van der Waals surface area contributed by atoms with E-state index in [9.17, 15) is 13.2 Å². The Balaban J connectivity index is 1.98. The summed E-state index contributed by atoms with van der Waals surface area (Å²) in [5.41, 5.74) is 1.55. The lowest BCUT2D eigenvalue weighted by atomic mass is 10.1. The molecule has 1 N–H and O–H groups in total. The molecule has 7 heteroatoms. The third-order valence-corrected chi connectivity index (χ3v) is 5.40. The Hall–Kier alpha value is -2.28. The van der Waals surface area contributed by atoms with Crippen LogP contribution in [0.5, 0.6) is 0 Å². The van der Waals surface area contributed by atoms with Crippen molar-refractivity contribution >= 4 is 27.3 Å². The van der Waals surface area contributed by atoms with Gasteiger partial charge in [0, 0.05) is 37.6 Å². The molecule has 0 unspecified atom stereocenters. The highest BCUT2D eigenvalue weighted by Crippen LogP contribution is 2.22. The molecule has 1 fully saturated rings. The molecule has 0 atom stereocenters. The molecule has 1 amide bonds. The summed E-state index contributed by atoms with van der Waals surface area (Å²) in [5, 5.41) is 0. The Morgan fingerprint density at radius 1 is 1.08 bits per heavy atom. The normalized spacial score (nSPS) is 14.5. The van der Waals surface area contributed by atoms with Gasteiger partial charge < -0.3 is 9.80 Å². The number of benzene rings is 1. The van der Waals surface area contributed by atoms with E-state index in [4.69, 9.17) is 0 Å². The molecule has 1 aliphatic heterocycles. The number of nitrogens with one attached hydrogen (secondary N) is 1. The van der Waals surface area contributed by atoms with Crippen LogP contribution < -0.4 is 9.62 Å². The topological polar surface area (TPSA) is 69.7 Å². The van der Waals surface area contributed by atoms with Crippen molar-refractivity contribution in [3.8, 4) is 0 Å². The number of piperidine rings is 1. The molecule has 0 radical (unpaired) electrons. The van der Waals surface area contributed by atoms with Crippen molar-refractivity contribution in [3.63, 3.8) is 0 Å². The van der Waals surface area contributed by atoms with Crippen LogP contribution in [0.2, 0.25) is 0 Å². The molecule has 0 saturated carbocycles. The van der Waals surface area contributed by atoms with Gasteiger partial charge in [-0.3, -0.25) is 9.52 Å². The molecule has 6 nitrogen and oxygen atoms in total. The summed E-state index contributed by atoms with van der Waals surface area (Å²) in [4.78, 5) is 15.9. The molecule has 1 aromatic carbocycles. The highest BCUT2D eigenvalue weighted by Gasteiger charge is 2.21. The first-order valence-electron chi connectivity index (χ1n) is 8.80. The number of carbonyl (C=O) groups is 1. The number of amides is 1. The van der Waals surface area contributed by atoms with E-state index in [1.807, 2.05) is 12.1 Å². The Kier molecular flexibility index (Phi) is 7.26. The molecule has 1 aliphatic rings. The second-order valence-corrected chi connectivity index (χ2v) is 8.05. The molecular formula is C19H27N3O3S. The second-order valence-electron chi connectivity index (χ2n) is 6.33. The van der Waals surface area contributed by atoms with Gasteiger partial charge in [0.15, 0.2) is 0 Å². The third-order valence-electron chi connectivity index (χ3n) is 4.23. The zero-order chi connectivity index (χ0) is 19.0. The predicted molar refractivity (Wildman–Crippen MR) is 107 cm³/mol. The number of hydrogen-bond acceptors (Lipinski definition) is 4. The lowest BCUT2D eigenvalue weighted by Crippen LogP contribution is -2.37. The van der Waals surface area contributed by atoms with Crippen LogP contribution in [0.4, 0.5) is 11.4 Å². The lowest BCUT2D eigenvalue weighted by molar-refractivity contribution is -0.127. The van der Waals surface area contributed by atoms with E-state index in [0.717, 1.165) is 18.8 Å². The molecule has 0 aliphatic carbocycles. The molecular weight excluding hydrogens is 350 g/mol. The Morgan fingerprint density at radius 2 is 1.65 bits per heavy atom. The van der Waals surface area contributed by atoms with Crippen molar-refractivity contribution in [1.82, 2.24) is 4.90 Å². The minimum Gasteiger partial charge on any atom is -0.372 e. The van der Waals surface area contributed by atoms with Crippen LogP contribution in [0.3, 0.4) is 0 Å². The van der Waals surface area contributed by atoms with Crippen LogP contribution >= 0.6 is 0 Å². The van der Waals surface area contributed by atoms with Crippen LogP contribution in [0.15, 0.2) is 49.6 Å². The molecule has 1 saturated heterocycles. The van der Waals surface area contributed by atoms with Crippen molar-refractivity contribution < 1.29 is 13.2 Å². The first-order chi connectivity index (χ1) is 12.4. The van der Waals surface area contributed by atoms with Gasteiger partial charge in [-0.05, 0) is 43.5 Å². The van der Waals surface area contributed by atoms with Gasteiger partial charge >= 0.3 is 0 Å². The van der Waals surface area contributed by atoms with E-state index < -0.39 is 21.7 Å². The van der Waals surface area contributed by atoms with Crippen LogP contribution in [0.25, 0.3) is 0 Å². The van der Waals surface area contributed by atoms with Gasteiger partial charge in [-0.1, -0.05) is 12.2 Å². The number of sulfonamides is 1. The van der Waals surface area contributed by atoms with E-state index in [1.54, 1.807) is 24.3 Å². The number of rotatable bonds is 9. The van der Waals surface area contributed by atoms with E-state index in [-0.39, 0.29) is 13.1 Å². The van der Waals surface area contributed by atoms with E-state index in [2.05, 4.69) is 22.8 Å². The molecule has 2 rings (SSSR count). The van der Waals surface area contributed by atoms with Gasteiger partial charge in [-0.15, -0.1) is 13.2 Å². The average molecular weight is 378 g/mol. The highest BCUT2D eigenvalue weighted by atomic mass is 32.2. The molecule has 1 heterocycles. The van der Waals surface area contributed by atoms with Gasteiger partial charge in [0.25, 0.3) is 0 Å². The van der Waals surface area contributed by atoms with Crippen LogP contribution in [-0.4, -0.2) is 51.2 Å². The maximum atomic E-state index is 12.3. The first-order valence-corrected chi connectivity index (χ1v) is 10.5. The maximum absolute atomic E-state index is 12.3. The predicted octanol–water partition coefficient (Wildman–Crippen LogP) is 2.62. The fourth-order valence-electron chi connectivity index (χ4n) is 2.95. The maximum Gasteiger partial charge on any atom is 0.241 e. The minimum absolute atomic E-state index is 0.283. The van der Waals surface area contributed by atoms with Gasteiger partial charge in [0.2, 0.25) is 15.9 Å². The number of hydrogen-bond donors (Lipinski definition) is 1. The first kappa shape index (κ1) is 20.0. The van der Waals surface area contributed by atoms with E-state index in [1.165, 1.54) is 24.2 Å². The monoisotopic (exact) mass is 377 g/mol. The standard InChI is InChI=1S/C19H27N3O3S/c1-3-12-22(13-4-2)19(23)16-26(24,25)20-17-8-10-18(11-9-17)21-14-6-5-7-15-21/h3-4,8-11,20H,1-2,5-7,12-16H2. The fourth-order valence-corrected chi connectivity index (χ4v) is 4.03. The summed E-state index contributed by atoms with van der Waals surface area (Å²) < 4.78 is 27.1. The summed E-state index contributed by atoms with van der Waals surface area (Å²) in [5.74, 6) is -1.09. The summed E-state index contributed by atoms with van der Waals surface area (Å²) in [6, 6.07) is 7.29. The number of anilines is 2. The van der Waals surface area contributed by atoms with Crippen molar-refractivity contribution in [2.45, 2.75) is 19.3 Å². The van der Waals surface area contributed by atoms with Gasteiger partial charge in [0.05, 0.1) is 0 Å². The molecule has 26 heavy (non-hydrogen) atoms. The highest BCUT2D eigenvalue weighted by molar-refractivity contribution is 7.93. The zero-order valence-corrected chi connectivity index (χ0v) is 15.9. The van der Waals surface area contributed by atoms with E-state index >= 15 is 0 Å². The number of carbonyl (C=O) groups excluding carboxylic acids is 1. The molecule has 0 bridgehead atoms. The zero-order valence-electron chi connectivity index (χ0n) is 15.1. The lowest BCUT2D eigenvalue weighted by Gasteiger charge is -2.28. The van der Waals surface area contributed by atoms with Gasteiger partial charge in [-0.2, -0.15) is 0 Å².